The molecule has 0 fully saturated rings. The van der Waals surface area contributed by atoms with E-state index in [-0.39, 0.29) is 6.04 Å². The molecule has 108 valence electrons. The van der Waals surface area contributed by atoms with Crippen molar-refractivity contribution >= 4 is 5.69 Å². The van der Waals surface area contributed by atoms with Crippen molar-refractivity contribution in [3.63, 3.8) is 0 Å². The molecule has 1 aliphatic rings. The molecule has 1 aliphatic heterocycles. The lowest BCUT2D eigenvalue weighted by molar-refractivity contribution is 0.481. The van der Waals surface area contributed by atoms with Gasteiger partial charge in [-0.1, -0.05) is 60.7 Å². The van der Waals surface area contributed by atoms with Crippen LogP contribution in [0.5, 0.6) is 11.5 Å². The Kier molecular flexibility index (Phi) is 3.28. The molecule has 3 aromatic rings. The molecule has 22 heavy (non-hydrogen) atoms. The molecule has 0 amide bonds. The summed E-state index contributed by atoms with van der Waals surface area (Å²) in [5.74, 6) is 1.81. The van der Waals surface area contributed by atoms with Crippen molar-refractivity contribution in [2.45, 2.75) is 12.5 Å². The van der Waals surface area contributed by atoms with E-state index in [4.69, 9.17) is 4.74 Å². The second-order valence-electron chi connectivity index (χ2n) is 5.52. The van der Waals surface area contributed by atoms with Crippen LogP contribution in [-0.4, -0.2) is 0 Å². The van der Waals surface area contributed by atoms with Gasteiger partial charge in [0, 0.05) is 5.56 Å². The van der Waals surface area contributed by atoms with Gasteiger partial charge in [-0.05, 0) is 30.2 Å². The molecular weight excluding hydrogens is 270 g/mol. The average Bonchev–Trinajstić information content (AvgIpc) is 2.72. The van der Waals surface area contributed by atoms with Gasteiger partial charge < -0.3 is 10.1 Å². The highest BCUT2D eigenvalue weighted by molar-refractivity contribution is 5.62. The number of fused-ring (bicyclic) bond motifs is 2. The second-order valence-corrected chi connectivity index (χ2v) is 5.52. The monoisotopic (exact) mass is 287 g/mol. The van der Waals surface area contributed by atoms with Gasteiger partial charge in [0.2, 0.25) is 0 Å². The molecule has 2 nitrogen and oxygen atoms in total. The number of nitrogens with one attached hydrogen (secondary N) is 1. The van der Waals surface area contributed by atoms with Gasteiger partial charge in [-0.2, -0.15) is 0 Å². The van der Waals surface area contributed by atoms with Crippen molar-refractivity contribution < 1.29 is 4.74 Å². The normalized spacial score (nSPS) is 15.7. The molecule has 3 aromatic carbocycles. The Morgan fingerprint density at radius 1 is 0.727 bits per heavy atom. The Balaban J connectivity index is 1.76. The third kappa shape index (κ3) is 2.44. The summed E-state index contributed by atoms with van der Waals surface area (Å²) in [5.41, 5.74) is 3.55. The molecule has 0 spiro atoms. The molecule has 1 atom stereocenters. The van der Waals surface area contributed by atoms with Crippen LogP contribution in [0.1, 0.15) is 17.2 Å². The Hall–Kier alpha value is -2.74. The van der Waals surface area contributed by atoms with Crippen LogP contribution in [0.15, 0.2) is 78.9 Å². The van der Waals surface area contributed by atoms with E-state index in [1.807, 2.05) is 30.3 Å². The van der Waals surface area contributed by atoms with Gasteiger partial charge in [-0.25, -0.2) is 0 Å². The molecule has 1 N–H and O–H groups in total. The van der Waals surface area contributed by atoms with Crippen molar-refractivity contribution in [3.05, 3.63) is 90.0 Å². The van der Waals surface area contributed by atoms with E-state index in [1.54, 1.807) is 0 Å². The predicted molar refractivity (Wildman–Crippen MR) is 89.5 cm³/mol. The molecule has 0 aliphatic carbocycles. The number of anilines is 1. The summed E-state index contributed by atoms with van der Waals surface area (Å²) < 4.78 is 6.11. The van der Waals surface area contributed by atoms with Crippen LogP contribution >= 0.6 is 0 Å². The summed E-state index contributed by atoms with van der Waals surface area (Å²) in [6.45, 7) is 0. The first-order valence-electron chi connectivity index (χ1n) is 7.56. The third-order valence-electron chi connectivity index (χ3n) is 4.01. The summed E-state index contributed by atoms with van der Waals surface area (Å²) in [7, 11) is 0. The number of hydrogen-bond donors (Lipinski definition) is 1. The molecule has 4 rings (SSSR count). The van der Waals surface area contributed by atoms with Gasteiger partial charge in [0.25, 0.3) is 0 Å². The third-order valence-corrected chi connectivity index (χ3v) is 4.01. The lowest BCUT2D eigenvalue weighted by atomic mass is 9.98. The maximum atomic E-state index is 6.11. The fourth-order valence-electron chi connectivity index (χ4n) is 2.93. The van der Waals surface area contributed by atoms with Crippen molar-refractivity contribution in [2.24, 2.45) is 0 Å². The van der Waals surface area contributed by atoms with Crippen molar-refractivity contribution in [1.82, 2.24) is 0 Å². The second kappa shape index (κ2) is 5.57. The highest BCUT2D eigenvalue weighted by atomic mass is 16.5. The molecule has 2 heteroatoms. The maximum absolute atomic E-state index is 6.11. The molecule has 1 unspecified atom stereocenters. The first-order chi connectivity index (χ1) is 10.9. The lowest BCUT2D eigenvalue weighted by Gasteiger charge is -2.19. The highest BCUT2D eigenvalue weighted by Crippen LogP contribution is 2.40. The number of ether oxygens (including phenoxy) is 1. The quantitative estimate of drug-likeness (QED) is 0.700. The van der Waals surface area contributed by atoms with E-state index < -0.39 is 0 Å². The lowest BCUT2D eigenvalue weighted by Crippen LogP contribution is -2.12. The van der Waals surface area contributed by atoms with E-state index >= 15 is 0 Å². The number of rotatable bonds is 2. The maximum Gasteiger partial charge on any atom is 0.150 e. The van der Waals surface area contributed by atoms with Crippen LogP contribution in [0.3, 0.4) is 0 Å². The summed E-state index contributed by atoms with van der Waals surface area (Å²) in [5, 5.41) is 3.64. The zero-order valence-corrected chi connectivity index (χ0v) is 12.2. The Morgan fingerprint density at radius 2 is 1.41 bits per heavy atom. The zero-order chi connectivity index (χ0) is 14.8. The minimum Gasteiger partial charge on any atom is -0.455 e. The summed E-state index contributed by atoms with van der Waals surface area (Å²) in [6, 6.07) is 27.1. The fourth-order valence-corrected chi connectivity index (χ4v) is 2.93. The van der Waals surface area contributed by atoms with Gasteiger partial charge in [0.1, 0.15) is 5.75 Å². The van der Waals surface area contributed by atoms with Gasteiger partial charge in [0.15, 0.2) is 5.75 Å². The first kappa shape index (κ1) is 13.0. The Bertz CT molecular complexity index is 782. The van der Waals surface area contributed by atoms with Gasteiger partial charge >= 0.3 is 0 Å². The minimum atomic E-state index is 0.197. The standard InChI is InChI=1S/C20H17NO/c1-2-8-15(9-3-1)14-18-16-10-4-6-12-19(16)22-20-13-7-5-11-17(20)21-18/h1-13,18,21H,14H2. The SMILES string of the molecule is c1ccc(CC2Nc3ccccc3Oc3ccccc32)cc1. The predicted octanol–water partition coefficient (Wildman–Crippen LogP) is 5.19. The van der Waals surface area contributed by atoms with Gasteiger partial charge in [0.05, 0.1) is 11.7 Å². The summed E-state index contributed by atoms with van der Waals surface area (Å²) in [4.78, 5) is 0. The van der Waals surface area contributed by atoms with Crippen molar-refractivity contribution in [3.8, 4) is 11.5 Å². The van der Waals surface area contributed by atoms with E-state index in [1.165, 1.54) is 11.1 Å². The van der Waals surface area contributed by atoms with Crippen LogP contribution in [0.4, 0.5) is 5.69 Å². The largest absolute Gasteiger partial charge is 0.455 e. The highest BCUT2D eigenvalue weighted by Gasteiger charge is 2.22. The number of hydrogen-bond acceptors (Lipinski definition) is 2. The van der Waals surface area contributed by atoms with Crippen molar-refractivity contribution in [2.75, 3.05) is 5.32 Å². The zero-order valence-electron chi connectivity index (χ0n) is 12.2. The topological polar surface area (TPSA) is 21.3 Å². The summed E-state index contributed by atoms with van der Waals surface area (Å²) in [6.07, 6.45) is 0.926. The average molecular weight is 287 g/mol. The van der Waals surface area contributed by atoms with E-state index in [2.05, 4.69) is 53.8 Å². The molecule has 0 radical (unpaired) electrons. The van der Waals surface area contributed by atoms with Crippen LogP contribution in [0.25, 0.3) is 0 Å². The molecule has 0 saturated carbocycles. The molecule has 0 saturated heterocycles. The van der Waals surface area contributed by atoms with E-state index in [0.29, 0.717) is 0 Å². The van der Waals surface area contributed by atoms with E-state index in [0.717, 1.165) is 23.6 Å². The Morgan fingerprint density at radius 3 is 2.27 bits per heavy atom. The Labute approximate surface area is 130 Å². The van der Waals surface area contributed by atoms with Gasteiger partial charge in [-0.15, -0.1) is 0 Å². The molecule has 0 aromatic heterocycles. The van der Waals surface area contributed by atoms with E-state index in [9.17, 15) is 0 Å². The first-order valence-corrected chi connectivity index (χ1v) is 7.56. The molecule has 0 bridgehead atoms. The fraction of sp³-hybridized carbons (Fsp3) is 0.100. The smallest absolute Gasteiger partial charge is 0.150 e. The number of benzene rings is 3. The molecule has 1 heterocycles. The van der Waals surface area contributed by atoms with Gasteiger partial charge in [-0.3, -0.25) is 0 Å². The van der Waals surface area contributed by atoms with Crippen LogP contribution in [0.2, 0.25) is 0 Å². The minimum absolute atomic E-state index is 0.197. The molecular formula is C20H17NO. The number of para-hydroxylation sites is 3. The summed E-state index contributed by atoms with van der Waals surface area (Å²) >= 11 is 0. The van der Waals surface area contributed by atoms with Crippen LogP contribution in [0, 0.1) is 0 Å². The van der Waals surface area contributed by atoms with Crippen molar-refractivity contribution in [1.29, 1.82) is 0 Å². The van der Waals surface area contributed by atoms with Crippen LogP contribution < -0.4 is 10.1 Å². The van der Waals surface area contributed by atoms with Crippen LogP contribution in [-0.2, 0) is 6.42 Å².